The monoisotopic (exact) mass is 298 g/mol. The maximum atomic E-state index is 14.2. The molecule has 1 N–H and O–H groups in total. The van der Waals surface area contributed by atoms with E-state index in [1.54, 1.807) is 19.0 Å². The zero-order valence-corrected chi connectivity index (χ0v) is 11.9. The molecule has 0 radical (unpaired) electrons. The van der Waals surface area contributed by atoms with Gasteiger partial charge in [0.1, 0.15) is 17.6 Å². The SMILES string of the molecule is COC(=O)C1C(=O)NCC1c1c(F)cc(N(C)C)cc1F. The lowest BCUT2D eigenvalue weighted by Crippen LogP contribution is -2.28. The molecule has 1 fully saturated rings. The van der Waals surface area contributed by atoms with Crippen LogP contribution in [0.4, 0.5) is 14.5 Å². The van der Waals surface area contributed by atoms with Crippen LogP contribution in [0.1, 0.15) is 11.5 Å². The Kier molecular flexibility index (Phi) is 4.11. The molecule has 1 aromatic carbocycles. The number of amides is 1. The molecule has 2 unspecified atom stereocenters. The number of halogens is 2. The summed E-state index contributed by atoms with van der Waals surface area (Å²) in [5, 5.41) is 2.44. The van der Waals surface area contributed by atoms with Crippen molar-refractivity contribution >= 4 is 17.6 Å². The van der Waals surface area contributed by atoms with Gasteiger partial charge in [-0.1, -0.05) is 0 Å². The number of nitrogens with one attached hydrogen (secondary N) is 1. The van der Waals surface area contributed by atoms with Crippen LogP contribution >= 0.6 is 0 Å². The molecule has 5 nitrogen and oxygen atoms in total. The van der Waals surface area contributed by atoms with E-state index in [0.717, 1.165) is 7.11 Å². The highest BCUT2D eigenvalue weighted by molar-refractivity contribution is 6.00. The van der Waals surface area contributed by atoms with Crippen molar-refractivity contribution in [3.63, 3.8) is 0 Å². The van der Waals surface area contributed by atoms with Crippen molar-refractivity contribution in [3.8, 4) is 0 Å². The summed E-state index contributed by atoms with van der Waals surface area (Å²) in [5.41, 5.74) is 0.0926. The van der Waals surface area contributed by atoms with E-state index in [9.17, 15) is 18.4 Å². The summed E-state index contributed by atoms with van der Waals surface area (Å²) in [6, 6.07) is 2.35. The van der Waals surface area contributed by atoms with E-state index in [1.807, 2.05) is 0 Å². The van der Waals surface area contributed by atoms with E-state index in [0.29, 0.717) is 5.69 Å². The Bertz CT molecular complexity index is 567. The van der Waals surface area contributed by atoms with Gasteiger partial charge in [0, 0.05) is 37.8 Å². The highest BCUT2D eigenvalue weighted by Crippen LogP contribution is 2.35. The van der Waals surface area contributed by atoms with Crippen molar-refractivity contribution < 1.29 is 23.1 Å². The molecule has 2 atom stereocenters. The summed E-state index contributed by atoms with van der Waals surface area (Å²) >= 11 is 0. The minimum atomic E-state index is -1.23. The fourth-order valence-electron chi connectivity index (χ4n) is 2.47. The van der Waals surface area contributed by atoms with E-state index in [1.165, 1.54) is 12.1 Å². The molecule has 1 aliphatic rings. The second-order valence-corrected chi connectivity index (χ2v) is 5.07. The normalized spacial score (nSPS) is 21.1. The van der Waals surface area contributed by atoms with Crippen molar-refractivity contribution in [1.82, 2.24) is 5.32 Å². The number of esters is 1. The van der Waals surface area contributed by atoms with Gasteiger partial charge in [-0.25, -0.2) is 8.78 Å². The summed E-state index contributed by atoms with van der Waals surface area (Å²) in [7, 11) is 4.45. The number of ether oxygens (including phenoxy) is 1. The molecule has 1 aromatic rings. The molecule has 21 heavy (non-hydrogen) atoms. The van der Waals surface area contributed by atoms with Crippen LogP contribution in [-0.2, 0) is 14.3 Å². The summed E-state index contributed by atoms with van der Waals surface area (Å²) in [6.07, 6.45) is 0. The number of rotatable bonds is 3. The van der Waals surface area contributed by atoms with Gasteiger partial charge in [-0.2, -0.15) is 0 Å². The number of anilines is 1. The molecular formula is C14H16F2N2O3. The van der Waals surface area contributed by atoms with Gasteiger partial charge in [-0.15, -0.1) is 0 Å². The molecule has 1 amide bonds. The predicted molar refractivity (Wildman–Crippen MR) is 71.9 cm³/mol. The van der Waals surface area contributed by atoms with Crippen LogP contribution in [0.5, 0.6) is 0 Å². The average molecular weight is 298 g/mol. The Hall–Kier alpha value is -2.18. The first-order valence-corrected chi connectivity index (χ1v) is 6.38. The van der Waals surface area contributed by atoms with Gasteiger partial charge in [-0.05, 0) is 12.1 Å². The number of carbonyl (C=O) groups excluding carboxylic acids is 2. The summed E-state index contributed by atoms with van der Waals surface area (Å²) in [5.74, 6) is -5.10. The molecule has 0 aliphatic carbocycles. The molecule has 2 rings (SSSR count). The van der Waals surface area contributed by atoms with Crippen molar-refractivity contribution in [1.29, 1.82) is 0 Å². The van der Waals surface area contributed by atoms with Gasteiger partial charge >= 0.3 is 5.97 Å². The quantitative estimate of drug-likeness (QED) is 0.669. The molecule has 0 spiro atoms. The van der Waals surface area contributed by atoms with E-state index >= 15 is 0 Å². The number of carbonyl (C=O) groups is 2. The molecule has 7 heteroatoms. The number of nitrogens with zero attached hydrogens (tertiary/aromatic N) is 1. The second-order valence-electron chi connectivity index (χ2n) is 5.07. The molecule has 0 bridgehead atoms. The molecule has 1 saturated heterocycles. The molecule has 114 valence electrons. The Morgan fingerprint density at radius 1 is 1.33 bits per heavy atom. The number of hydrogen-bond acceptors (Lipinski definition) is 4. The Labute approximate surface area is 120 Å². The lowest BCUT2D eigenvalue weighted by Gasteiger charge is -2.19. The standard InChI is InChI=1S/C14H16F2N2O3/c1-18(2)7-4-9(15)11(10(16)5-7)8-6-17-13(19)12(8)14(20)21-3/h4-5,8,12H,6H2,1-3H3,(H,17,19). The third-order valence-electron chi connectivity index (χ3n) is 3.59. The van der Waals surface area contributed by atoms with Gasteiger partial charge in [0.15, 0.2) is 0 Å². The van der Waals surface area contributed by atoms with Crippen LogP contribution in [0.25, 0.3) is 0 Å². The maximum absolute atomic E-state index is 14.2. The van der Waals surface area contributed by atoms with Gasteiger partial charge in [0.25, 0.3) is 0 Å². The molecule has 0 aromatic heterocycles. The van der Waals surface area contributed by atoms with Gasteiger partial charge in [0.05, 0.1) is 7.11 Å². The molecular weight excluding hydrogens is 282 g/mol. The van der Waals surface area contributed by atoms with Crippen molar-refractivity contribution in [2.75, 3.05) is 32.6 Å². The van der Waals surface area contributed by atoms with E-state index in [2.05, 4.69) is 10.1 Å². The lowest BCUT2D eigenvalue weighted by atomic mass is 9.87. The highest BCUT2D eigenvalue weighted by atomic mass is 19.1. The summed E-state index contributed by atoms with van der Waals surface area (Å²) < 4.78 is 33.0. The fraction of sp³-hybridized carbons (Fsp3) is 0.429. The minimum absolute atomic E-state index is 0.00620. The summed E-state index contributed by atoms with van der Waals surface area (Å²) in [6.45, 7) is -0.00620. The first-order chi connectivity index (χ1) is 9.86. The first kappa shape index (κ1) is 15.2. The van der Waals surface area contributed by atoms with Gasteiger partial charge < -0.3 is 15.0 Å². The largest absolute Gasteiger partial charge is 0.468 e. The van der Waals surface area contributed by atoms with E-state index < -0.39 is 35.3 Å². The zero-order chi connectivity index (χ0) is 15.7. The minimum Gasteiger partial charge on any atom is -0.468 e. The Balaban J connectivity index is 2.46. The third-order valence-corrected chi connectivity index (χ3v) is 3.59. The van der Waals surface area contributed by atoms with Gasteiger partial charge in [-0.3, -0.25) is 9.59 Å². The van der Waals surface area contributed by atoms with Crippen LogP contribution in [0.3, 0.4) is 0 Å². The molecule has 1 heterocycles. The van der Waals surface area contributed by atoms with Crippen LogP contribution in [-0.4, -0.2) is 39.6 Å². The second kappa shape index (κ2) is 5.67. The van der Waals surface area contributed by atoms with Crippen molar-refractivity contribution in [2.24, 2.45) is 5.92 Å². The molecule has 0 saturated carbocycles. The van der Waals surface area contributed by atoms with Crippen LogP contribution in [0.15, 0.2) is 12.1 Å². The Morgan fingerprint density at radius 2 is 1.90 bits per heavy atom. The van der Waals surface area contributed by atoms with Crippen molar-refractivity contribution in [2.45, 2.75) is 5.92 Å². The fourth-order valence-corrected chi connectivity index (χ4v) is 2.47. The predicted octanol–water partition coefficient (Wildman–Crippen LogP) is 1.03. The van der Waals surface area contributed by atoms with E-state index in [4.69, 9.17) is 0 Å². The molecule has 1 aliphatic heterocycles. The number of benzene rings is 1. The highest BCUT2D eigenvalue weighted by Gasteiger charge is 2.44. The van der Waals surface area contributed by atoms with Crippen LogP contribution in [0, 0.1) is 17.6 Å². The topological polar surface area (TPSA) is 58.6 Å². The number of methoxy groups -OCH3 is 1. The van der Waals surface area contributed by atoms with Crippen LogP contribution < -0.4 is 10.2 Å². The number of hydrogen-bond donors (Lipinski definition) is 1. The smallest absolute Gasteiger partial charge is 0.318 e. The average Bonchev–Trinajstić information content (AvgIpc) is 2.78. The third kappa shape index (κ3) is 2.68. The summed E-state index contributed by atoms with van der Waals surface area (Å²) in [4.78, 5) is 24.9. The lowest BCUT2D eigenvalue weighted by molar-refractivity contribution is -0.149. The van der Waals surface area contributed by atoms with E-state index in [-0.39, 0.29) is 12.1 Å². The van der Waals surface area contributed by atoms with Gasteiger partial charge in [0.2, 0.25) is 5.91 Å². The van der Waals surface area contributed by atoms with Crippen LogP contribution in [0.2, 0.25) is 0 Å². The van der Waals surface area contributed by atoms with Crippen molar-refractivity contribution in [3.05, 3.63) is 29.3 Å². The first-order valence-electron chi connectivity index (χ1n) is 6.38. The Morgan fingerprint density at radius 3 is 2.38 bits per heavy atom. The maximum Gasteiger partial charge on any atom is 0.318 e. The zero-order valence-electron chi connectivity index (χ0n) is 11.9.